The van der Waals surface area contributed by atoms with E-state index in [0.29, 0.717) is 22.7 Å². The zero-order chi connectivity index (χ0) is 18.7. The van der Waals surface area contributed by atoms with Crippen molar-refractivity contribution in [1.29, 1.82) is 0 Å². The van der Waals surface area contributed by atoms with Crippen LogP contribution in [0.1, 0.15) is 59.8 Å². The van der Waals surface area contributed by atoms with Crippen LogP contribution >= 0.6 is 0 Å². The number of fused-ring (bicyclic) bond motifs is 5. The van der Waals surface area contributed by atoms with Crippen LogP contribution in [0.3, 0.4) is 0 Å². The first-order chi connectivity index (χ1) is 12.3. The molecule has 2 saturated carbocycles. The molecule has 3 aliphatic carbocycles. The Balaban J connectivity index is 1.73. The minimum atomic E-state index is 0.0388. The lowest BCUT2D eigenvalue weighted by atomic mass is 9.41. The van der Waals surface area contributed by atoms with Crippen LogP contribution in [-0.2, 0) is 14.2 Å². The Bertz CT molecular complexity index is 633. The number of ether oxygens (including phenoxy) is 3. The topological polar surface area (TPSA) is 27.7 Å². The molecule has 0 amide bonds. The summed E-state index contributed by atoms with van der Waals surface area (Å²) in [6.45, 7) is 10.9. The van der Waals surface area contributed by atoms with Crippen LogP contribution in [0.5, 0.6) is 0 Å². The van der Waals surface area contributed by atoms with E-state index in [4.69, 9.17) is 14.2 Å². The number of allylic oxidation sites excluding steroid dienone is 1. The molecule has 0 spiro atoms. The predicted molar refractivity (Wildman–Crippen MR) is 103 cm³/mol. The van der Waals surface area contributed by atoms with Gasteiger partial charge >= 0.3 is 0 Å². The number of methoxy groups -OCH3 is 2. The maximum absolute atomic E-state index is 6.50. The monoisotopic (exact) mass is 360 g/mol. The van der Waals surface area contributed by atoms with Crippen molar-refractivity contribution in [2.75, 3.05) is 20.8 Å². The van der Waals surface area contributed by atoms with E-state index in [1.807, 2.05) is 6.08 Å². The third kappa shape index (κ3) is 2.42. The van der Waals surface area contributed by atoms with Gasteiger partial charge in [0.2, 0.25) is 0 Å². The van der Waals surface area contributed by atoms with Crippen molar-refractivity contribution in [3.8, 4) is 0 Å². The van der Waals surface area contributed by atoms with Crippen molar-refractivity contribution in [3.05, 3.63) is 23.7 Å². The minimum Gasteiger partial charge on any atom is -0.498 e. The van der Waals surface area contributed by atoms with E-state index in [1.54, 1.807) is 14.2 Å². The van der Waals surface area contributed by atoms with Crippen LogP contribution in [0, 0.1) is 34.0 Å². The van der Waals surface area contributed by atoms with Crippen molar-refractivity contribution in [3.63, 3.8) is 0 Å². The molecule has 146 valence electrons. The average Bonchev–Trinajstić information content (AvgIpc) is 2.59. The zero-order valence-electron chi connectivity index (χ0n) is 17.4. The van der Waals surface area contributed by atoms with E-state index in [1.165, 1.54) is 32.1 Å². The molecule has 0 radical (unpaired) electrons. The molecule has 3 fully saturated rings. The summed E-state index contributed by atoms with van der Waals surface area (Å²) in [5.74, 6) is 3.57. The molecule has 3 heteroatoms. The fourth-order valence-corrected chi connectivity index (χ4v) is 7.40. The third-order valence-corrected chi connectivity index (χ3v) is 8.75. The van der Waals surface area contributed by atoms with Gasteiger partial charge in [-0.15, -0.1) is 0 Å². The Hall–Kier alpha value is -0.960. The van der Waals surface area contributed by atoms with Crippen LogP contribution in [0.25, 0.3) is 0 Å². The quantitative estimate of drug-likeness (QED) is 0.666. The molecule has 0 aromatic rings. The molecular formula is C23H36O3. The summed E-state index contributed by atoms with van der Waals surface area (Å²) in [7, 11) is 3.50. The molecule has 4 aliphatic rings. The number of hydrogen-bond donors (Lipinski definition) is 0. The summed E-state index contributed by atoms with van der Waals surface area (Å²) < 4.78 is 17.8. The molecule has 6 atom stereocenters. The Morgan fingerprint density at radius 2 is 1.73 bits per heavy atom. The van der Waals surface area contributed by atoms with E-state index in [-0.39, 0.29) is 11.5 Å². The van der Waals surface area contributed by atoms with Gasteiger partial charge in [-0.25, -0.2) is 0 Å². The minimum absolute atomic E-state index is 0.0388. The molecule has 0 aromatic heterocycles. The van der Waals surface area contributed by atoms with Gasteiger partial charge in [0.05, 0.1) is 20.8 Å². The smallest absolute Gasteiger partial charge is 0.129 e. The molecule has 0 bridgehead atoms. The Labute approximate surface area is 159 Å². The first kappa shape index (κ1) is 18.4. The van der Waals surface area contributed by atoms with Gasteiger partial charge in [0.1, 0.15) is 17.6 Å². The average molecular weight is 361 g/mol. The second kappa shape index (κ2) is 6.02. The predicted octanol–water partition coefficient (Wildman–Crippen LogP) is 5.32. The maximum Gasteiger partial charge on any atom is 0.129 e. The summed E-state index contributed by atoms with van der Waals surface area (Å²) in [5, 5.41) is 0. The van der Waals surface area contributed by atoms with Crippen LogP contribution in [0.2, 0.25) is 0 Å². The molecular weight excluding hydrogens is 324 g/mol. The molecule has 0 N–H and O–H groups in total. The van der Waals surface area contributed by atoms with Crippen molar-refractivity contribution >= 4 is 0 Å². The van der Waals surface area contributed by atoms with Crippen molar-refractivity contribution in [1.82, 2.24) is 0 Å². The van der Waals surface area contributed by atoms with E-state index >= 15 is 0 Å². The maximum atomic E-state index is 6.50. The van der Waals surface area contributed by atoms with Crippen LogP contribution in [0.15, 0.2) is 23.7 Å². The molecule has 1 aliphatic heterocycles. The highest BCUT2D eigenvalue weighted by Crippen LogP contribution is 2.68. The highest BCUT2D eigenvalue weighted by atomic mass is 16.5. The highest BCUT2D eigenvalue weighted by molar-refractivity contribution is 5.30. The summed E-state index contributed by atoms with van der Waals surface area (Å²) in [5.41, 5.74) is 1.06. The lowest BCUT2D eigenvalue weighted by Gasteiger charge is -2.66. The molecule has 3 nitrogen and oxygen atoms in total. The SMILES string of the molecule is COC1=CC2C(OC[C@@H]3[C@@]4(C)CCCC(C)(C)[C@@H]4CC[C@@]23C)C(OC)=C1. The van der Waals surface area contributed by atoms with Gasteiger partial charge in [0.25, 0.3) is 0 Å². The second-order valence-corrected chi connectivity index (χ2v) is 10.3. The van der Waals surface area contributed by atoms with Gasteiger partial charge in [-0.05, 0) is 59.8 Å². The zero-order valence-corrected chi connectivity index (χ0v) is 17.4. The molecule has 4 rings (SSSR count). The van der Waals surface area contributed by atoms with Crippen LogP contribution in [-0.4, -0.2) is 26.9 Å². The van der Waals surface area contributed by atoms with Gasteiger partial charge in [0.15, 0.2) is 0 Å². The first-order valence-corrected chi connectivity index (χ1v) is 10.4. The summed E-state index contributed by atoms with van der Waals surface area (Å²) >= 11 is 0. The standard InChI is InChI=1S/C23H36O3/c1-21(2)9-7-10-23(4)18(21)8-11-22(3)16-12-15(24-5)13-17(25-6)20(16)26-14-19(22)23/h12-13,16,18-20H,7-11,14H2,1-6H3/t16?,18-,19-,20?,22-,23-/m0/s1. The number of rotatable bonds is 2. The summed E-state index contributed by atoms with van der Waals surface area (Å²) in [6.07, 6.45) is 11.0. The highest BCUT2D eigenvalue weighted by Gasteiger charge is 2.63. The Morgan fingerprint density at radius 1 is 0.962 bits per heavy atom. The van der Waals surface area contributed by atoms with E-state index < -0.39 is 0 Å². The lowest BCUT2D eigenvalue weighted by Crippen LogP contribution is -2.62. The molecule has 1 saturated heterocycles. The van der Waals surface area contributed by atoms with Gasteiger partial charge in [0, 0.05) is 12.0 Å². The van der Waals surface area contributed by atoms with Crippen LogP contribution in [0.4, 0.5) is 0 Å². The lowest BCUT2D eigenvalue weighted by molar-refractivity contribution is -0.217. The fourth-order valence-electron chi connectivity index (χ4n) is 7.40. The normalized spacial score (nSPS) is 46.8. The number of hydrogen-bond acceptors (Lipinski definition) is 3. The van der Waals surface area contributed by atoms with Gasteiger partial charge < -0.3 is 14.2 Å². The second-order valence-electron chi connectivity index (χ2n) is 10.3. The van der Waals surface area contributed by atoms with E-state index in [0.717, 1.165) is 24.0 Å². The van der Waals surface area contributed by atoms with Gasteiger partial charge in [-0.1, -0.05) is 34.1 Å². The third-order valence-electron chi connectivity index (χ3n) is 8.75. The molecule has 26 heavy (non-hydrogen) atoms. The fraction of sp³-hybridized carbons (Fsp3) is 0.826. The van der Waals surface area contributed by atoms with Crippen molar-refractivity contribution < 1.29 is 14.2 Å². The van der Waals surface area contributed by atoms with E-state index in [9.17, 15) is 0 Å². The van der Waals surface area contributed by atoms with Crippen molar-refractivity contribution in [2.24, 2.45) is 34.0 Å². The Kier molecular flexibility index (Phi) is 4.26. The molecule has 0 aromatic carbocycles. The largest absolute Gasteiger partial charge is 0.498 e. The molecule has 1 heterocycles. The van der Waals surface area contributed by atoms with Gasteiger partial charge in [-0.2, -0.15) is 0 Å². The first-order valence-electron chi connectivity index (χ1n) is 10.4. The van der Waals surface area contributed by atoms with Crippen molar-refractivity contribution in [2.45, 2.75) is 65.9 Å². The van der Waals surface area contributed by atoms with Crippen LogP contribution < -0.4 is 0 Å². The summed E-state index contributed by atoms with van der Waals surface area (Å²) in [4.78, 5) is 0. The van der Waals surface area contributed by atoms with Gasteiger partial charge in [-0.3, -0.25) is 0 Å². The van der Waals surface area contributed by atoms with E-state index in [2.05, 4.69) is 33.8 Å². The summed E-state index contributed by atoms with van der Waals surface area (Å²) in [6, 6.07) is 0. The Morgan fingerprint density at radius 3 is 2.42 bits per heavy atom. The molecule has 2 unspecified atom stereocenters.